The number of fused-ring (bicyclic) bond motifs is 3. The molecular weight excluding hydrogens is 402 g/mol. The van der Waals surface area contributed by atoms with Crippen LogP contribution < -0.4 is 5.32 Å². The van der Waals surface area contributed by atoms with Gasteiger partial charge in [0, 0.05) is 4.88 Å². The van der Waals surface area contributed by atoms with Crippen LogP contribution in [0.3, 0.4) is 0 Å². The maximum Gasteiger partial charge on any atom is 0.341 e. The summed E-state index contributed by atoms with van der Waals surface area (Å²) in [4.78, 5) is 38.7. The molecule has 0 saturated heterocycles. The zero-order chi connectivity index (χ0) is 21.8. The number of anilines is 1. The van der Waals surface area contributed by atoms with Crippen LogP contribution in [0.5, 0.6) is 0 Å². The Bertz CT molecular complexity index is 883. The van der Waals surface area contributed by atoms with Crippen molar-refractivity contribution in [3.8, 4) is 0 Å². The Kier molecular flexibility index (Phi) is 5.45. The summed E-state index contributed by atoms with van der Waals surface area (Å²) in [5.41, 5.74) is 1.63. The van der Waals surface area contributed by atoms with E-state index in [0.29, 0.717) is 16.5 Å². The first-order valence-electron chi connectivity index (χ1n) is 10.9. The van der Waals surface area contributed by atoms with Crippen molar-refractivity contribution < 1.29 is 24.2 Å². The Labute approximate surface area is 181 Å². The van der Waals surface area contributed by atoms with Gasteiger partial charge in [0.25, 0.3) is 0 Å². The minimum atomic E-state index is -0.881. The van der Waals surface area contributed by atoms with E-state index in [1.54, 1.807) is 0 Å². The number of thiophene rings is 1. The fraction of sp³-hybridized carbons (Fsp3) is 0.696. The lowest BCUT2D eigenvalue weighted by molar-refractivity contribution is -0.148. The van der Waals surface area contributed by atoms with Crippen molar-refractivity contribution in [2.75, 3.05) is 12.4 Å². The number of aliphatic carboxylic acids is 1. The Morgan fingerprint density at radius 2 is 1.77 bits per heavy atom. The molecule has 2 fully saturated rings. The van der Waals surface area contributed by atoms with Crippen molar-refractivity contribution >= 4 is 34.2 Å². The van der Waals surface area contributed by atoms with Gasteiger partial charge < -0.3 is 15.2 Å². The van der Waals surface area contributed by atoms with Gasteiger partial charge in [-0.05, 0) is 67.3 Å². The molecule has 7 heteroatoms. The summed E-state index contributed by atoms with van der Waals surface area (Å²) >= 11 is 1.46. The smallest absolute Gasteiger partial charge is 0.341 e. The standard InChI is InChI=1S/C23H31NO5S/c1-23(2,3)13-7-8-14-15(10-13)30-20(18(14)22(28)29-4)24-19(25)16-11-5-6-12(9-11)17(16)21(26)27/h11-13,16-17H,5-10H2,1-4H3,(H,24,25)(H,26,27)/t11-,12-,13-,16+,17+/m0/s1. The van der Waals surface area contributed by atoms with E-state index < -0.39 is 23.8 Å². The molecule has 0 spiro atoms. The second-order valence-electron chi connectivity index (χ2n) is 10.2. The molecule has 30 heavy (non-hydrogen) atoms. The summed E-state index contributed by atoms with van der Waals surface area (Å²) in [6, 6.07) is 0. The Morgan fingerprint density at radius 1 is 1.10 bits per heavy atom. The number of carbonyl (C=O) groups excluding carboxylic acids is 2. The highest BCUT2D eigenvalue weighted by Gasteiger charge is 2.54. The van der Waals surface area contributed by atoms with Gasteiger partial charge in [-0.2, -0.15) is 0 Å². The van der Waals surface area contributed by atoms with Crippen LogP contribution in [-0.2, 0) is 27.2 Å². The summed E-state index contributed by atoms with van der Waals surface area (Å²) in [5, 5.41) is 13.2. The minimum absolute atomic E-state index is 0.0902. The third kappa shape index (κ3) is 3.55. The van der Waals surface area contributed by atoms with Gasteiger partial charge in [-0.1, -0.05) is 20.8 Å². The van der Waals surface area contributed by atoms with Crippen molar-refractivity contribution in [1.29, 1.82) is 0 Å². The Hall–Kier alpha value is -1.89. The SMILES string of the molecule is COC(=O)c1c(NC(=O)[C@@H]2[C@H]3CC[C@@H](C3)[C@H]2C(=O)O)sc2c1CC[C@H](C(C)(C)C)C2. The van der Waals surface area contributed by atoms with Crippen LogP contribution in [0.4, 0.5) is 5.00 Å². The molecule has 164 valence electrons. The molecule has 1 amide bonds. The van der Waals surface area contributed by atoms with Crippen LogP contribution in [0.2, 0.25) is 0 Å². The summed E-state index contributed by atoms with van der Waals surface area (Å²) in [6.07, 6.45) is 5.28. The number of carbonyl (C=O) groups is 3. The van der Waals surface area contributed by atoms with Crippen LogP contribution >= 0.6 is 11.3 Å². The summed E-state index contributed by atoms with van der Waals surface area (Å²) in [7, 11) is 1.36. The molecule has 1 aromatic heterocycles. The molecule has 0 radical (unpaired) electrons. The molecule has 0 aliphatic heterocycles. The predicted octanol–water partition coefficient (Wildman–Crippen LogP) is 4.37. The fourth-order valence-electron chi connectivity index (χ4n) is 5.95. The van der Waals surface area contributed by atoms with Crippen molar-refractivity contribution in [3.05, 3.63) is 16.0 Å². The molecule has 4 rings (SSSR count). The van der Waals surface area contributed by atoms with Gasteiger partial charge in [0.2, 0.25) is 5.91 Å². The lowest BCUT2D eigenvalue weighted by atomic mass is 9.72. The molecule has 0 aromatic carbocycles. The number of hydrogen-bond acceptors (Lipinski definition) is 5. The summed E-state index contributed by atoms with van der Waals surface area (Å²) in [5.74, 6) is -1.98. The van der Waals surface area contributed by atoms with Gasteiger partial charge >= 0.3 is 11.9 Å². The van der Waals surface area contributed by atoms with Crippen molar-refractivity contribution in [2.45, 2.75) is 59.3 Å². The molecule has 5 atom stereocenters. The number of nitrogens with one attached hydrogen (secondary N) is 1. The third-order valence-corrected chi connectivity index (χ3v) is 8.79. The predicted molar refractivity (Wildman–Crippen MR) is 115 cm³/mol. The first-order chi connectivity index (χ1) is 14.1. The Morgan fingerprint density at radius 3 is 2.37 bits per heavy atom. The van der Waals surface area contributed by atoms with Crippen molar-refractivity contribution in [1.82, 2.24) is 0 Å². The molecule has 1 heterocycles. The molecule has 3 aliphatic rings. The van der Waals surface area contributed by atoms with Crippen LogP contribution in [0.25, 0.3) is 0 Å². The normalized spacial score (nSPS) is 30.1. The number of esters is 1. The van der Waals surface area contributed by atoms with Crippen LogP contribution in [-0.4, -0.2) is 30.1 Å². The van der Waals surface area contributed by atoms with Gasteiger partial charge in [-0.25, -0.2) is 4.79 Å². The number of amides is 1. The van der Waals surface area contributed by atoms with E-state index in [9.17, 15) is 19.5 Å². The highest BCUT2D eigenvalue weighted by Crippen LogP contribution is 2.53. The summed E-state index contributed by atoms with van der Waals surface area (Å²) < 4.78 is 5.03. The van der Waals surface area contributed by atoms with E-state index >= 15 is 0 Å². The molecule has 2 saturated carbocycles. The van der Waals surface area contributed by atoms with Crippen LogP contribution in [0, 0.1) is 35.0 Å². The van der Waals surface area contributed by atoms with Gasteiger partial charge in [-0.3, -0.25) is 9.59 Å². The van der Waals surface area contributed by atoms with Gasteiger partial charge in [-0.15, -0.1) is 11.3 Å². The van der Waals surface area contributed by atoms with E-state index in [1.165, 1.54) is 18.4 Å². The lowest BCUT2D eigenvalue weighted by Crippen LogP contribution is -2.38. The molecule has 6 nitrogen and oxygen atoms in total. The number of rotatable bonds is 4. The Balaban J connectivity index is 1.63. The highest BCUT2D eigenvalue weighted by atomic mass is 32.1. The van der Waals surface area contributed by atoms with Crippen molar-refractivity contribution in [3.63, 3.8) is 0 Å². The molecule has 0 unspecified atom stereocenters. The second-order valence-corrected chi connectivity index (χ2v) is 11.3. The van der Waals surface area contributed by atoms with E-state index in [0.717, 1.165) is 49.0 Å². The second kappa shape index (κ2) is 7.66. The molecule has 3 aliphatic carbocycles. The fourth-order valence-corrected chi connectivity index (χ4v) is 7.27. The van der Waals surface area contributed by atoms with E-state index in [2.05, 4.69) is 26.1 Å². The maximum absolute atomic E-state index is 13.2. The lowest BCUT2D eigenvalue weighted by Gasteiger charge is -2.33. The largest absolute Gasteiger partial charge is 0.481 e. The number of ether oxygens (including phenoxy) is 1. The van der Waals surface area contributed by atoms with Crippen LogP contribution in [0.1, 0.15) is 67.3 Å². The third-order valence-electron chi connectivity index (χ3n) is 7.62. The van der Waals surface area contributed by atoms with Gasteiger partial charge in [0.1, 0.15) is 5.00 Å². The molecule has 1 aromatic rings. The first-order valence-corrected chi connectivity index (χ1v) is 11.7. The number of hydrogen-bond donors (Lipinski definition) is 2. The first kappa shape index (κ1) is 21.3. The molecule has 2 N–H and O–H groups in total. The zero-order valence-corrected chi connectivity index (χ0v) is 18.9. The quantitative estimate of drug-likeness (QED) is 0.688. The van der Waals surface area contributed by atoms with Crippen molar-refractivity contribution in [2.24, 2.45) is 35.0 Å². The topological polar surface area (TPSA) is 92.7 Å². The van der Waals surface area contributed by atoms with Gasteiger partial charge in [0.15, 0.2) is 0 Å². The molecular formula is C23H31NO5S. The maximum atomic E-state index is 13.2. The van der Waals surface area contributed by atoms with E-state index in [-0.39, 0.29) is 23.2 Å². The van der Waals surface area contributed by atoms with E-state index in [1.807, 2.05) is 0 Å². The highest BCUT2D eigenvalue weighted by molar-refractivity contribution is 7.17. The average Bonchev–Trinajstić information content (AvgIpc) is 3.38. The van der Waals surface area contributed by atoms with E-state index in [4.69, 9.17) is 4.74 Å². The summed E-state index contributed by atoms with van der Waals surface area (Å²) in [6.45, 7) is 6.71. The monoisotopic (exact) mass is 433 g/mol. The molecule has 2 bridgehead atoms. The number of carboxylic acids is 1. The zero-order valence-electron chi connectivity index (χ0n) is 18.1. The minimum Gasteiger partial charge on any atom is -0.481 e. The van der Waals surface area contributed by atoms with Gasteiger partial charge in [0.05, 0.1) is 24.5 Å². The number of methoxy groups -OCH3 is 1. The van der Waals surface area contributed by atoms with Crippen LogP contribution in [0.15, 0.2) is 0 Å². The average molecular weight is 434 g/mol. The number of carboxylic acid groups (broad SMARTS) is 1.